The first-order valence-corrected chi connectivity index (χ1v) is 8.39. The van der Waals surface area contributed by atoms with Gasteiger partial charge in [0.05, 0.1) is 6.20 Å². The van der Waals surface area contributed by atoms with Gasteiger partial charge in [-0.05, 0) is 54.6 Å². The van der Waals surface area contributed by atoms with Crippen molar-refractivity contribution < 1.29 is 9.53 Å². The molecule has 0 radical (unpaired) electrons. The number of ether oxygens (including phenoxy) is 1. The Balaban J connectivity index is 1.57. The second kappa shape index (κ2) is 7.81. The summed E-state index contributed by atoms with van der Waals surface area (Å²) in [6.45, 7) is 0. The number of aromatic nitrogens is 2. The lowest BCUT2D eigenvalue weighted by molar-refractivity contribution is -0.111. The molecule has 126 valence electrons. The fraction of sp³-hybridized carbons (Fsp3) is 0.0526. The van der Waals surface area contributed by atoms with Crippen LogP contribution in [0.5, 0.6) is 11.5 Å². The molecule has 3 rings (SSSR count). The van der Waals surface area contributed by atoms with Crippen molar-refractivity contribution in [2.75, 3.05) is 5.32 Å². The number of rotatable bonds is 5. The van der Waals surface area contributed by atoms with E-state index in [4.69, 9.17) is 4.74 Å². The number of benzene rings is 2. The minimum absolute atomic E-state index is 0.203. The van der Waals surface area contributed by atoms with Crippen molar-refractivity contribution >= 4 is 33.6 Å². The zero-order chi connectivity index (χ0) is 17.6. The van der Waals surface area contributed by atoms with Gasteiger partial charge in [-0.25, -0.2) is 0 Å². The maximum Gasteiger partial charge on any atom is 0.248 e. The van der Waals surface area contributed by atoms with Gasteiger partial charge < -0.3 is 10.1 Å². The number of nitrogens with zero attached hydrogens (tertiary/aromatic N) is 2. The SMILES string of the molecule is Cn1cc(/C=C/C(=O)Nc2ccc(Oc3ccc(Br)cc3)cc2)cn1. The van der Waals surface area contributed by atoms with Gasteiger partial charge in [-0.15, -0.1) is 0 Å². The van der Waals surface area contributed by atoms with Gasteiger partial charge in [-0.1, -0.05) is 15.9 Å². The highest BCUT2D eigenvalue weighted by Gasteiger charge is 2.01. The van der Waals surface area contributed by atoms with E-state index in [0.29, 0.717) is 11.4 Å². The predicted molar refractivity (Wildman–Crippen MR) is 102 cm³/mol. The molecule has 0 unspecified atom stereocenters. The van der Waals surface area contributed by atoms with Crippen LogP contribution < -0.4 is 10.1 Å². The van der Waals surface area contributed by atoms with E-state index in [1.54, 1.807) is 29.1 Å². The Morgan fingerprint density at radius 2 is 1.76 bits per heavy atom. The summed E-state index contributed by atoms with van der Waals surface area (Å²) in [6.07, 6.45) is 6.71. The molecule has 6 heteroatoms. The van der Waals surface area contributed by atoms with Crippen molar-refractivity contribution in [1.29, 1.82) is 0 Å². The first-order valence-electron chi connectivity index (χ1n) is 7.60. The summed E-state index contributed by atoms with van der Waals surface area (Å²) in [6, 6.07) is 14.8. The van der Waals surface area contributed by atoms with E-state index >= 15 is 0 Å². The number of amides is 1. The normalized spacial score (nSPS) is 10.8. The van der Waals surface area contributed by atoms with Crippen LogP contribution in [0.15, 0.2) is 71.5 Å². The highest BCUT2D eigenvalue weighted by molar-refractivity contribution is 9.10. The summed E-state index contributed by atoms with van der Waals surface area (Å²) in [4.78, 5) is 11.9. The van der Waals surface area contributed by atoms with E-state index in [-0.39, 0.29) is 5.91 Å². The molecule has 1 N–H and O–H groups in total. The topological polar surface area (TPSA) is 56.2 Å². The van der Waals surface area contributed by atoms with Gasteiger partial charge in [0, 0.05) is 35.0 Å². The molecule has 0 atom stereocenters. The Kier molecular flexibility index (Phi) is 5.30. The predicted octanol–water partition coefficient (Wildman–Crippen LogP) is 4.63. The Hall–Kier alpha value is -2.86. The Bertz CT molecular complexity index is 884. The van der Waals surface area contributed by atoms with Crippen LogP contribution in [0.3, 0.4) is 0 Å². The molecule has 0 fully saturated rings. The van der Waals surface area contributed by atoms with Gasteiger partial charge in [0.2, 0.25) is 5.91 Å². The summed E-state index contributed by atoms with van der Waals surface area (Å²) in [5.74, 6) is 1.25. The molecule has 0 aliphatic rings. The lowest BCUT2D eigenvalue weighted by Gasteiger charge is -2.07. The maximum absolute atomic E-state index is 11.9. The summed E-state index contributed by atoms with van der Waals surface area (Å²) in [7, 11) is 1.83. The average molecular weight is 398 g/mol. The Morgan fingerprint density at radius 1 is 1.12 bits per heavy atom. The molecule has 0 aliphatic carbocycles. The van der Waals surface area contributed by atoms with Crippen LogP contribution in [-0.4, -0.2) is 15.7 Å². The van der Waals surface area contributed by atoms with Crippen LogP contribution in [0, 0.1) is 0 Å². The van der Waals surface area contributed by atoms with E-state index < -0.39 is 0 Å². The molecule has 5 nitrogen and oxygen atoms in total. The fourth-order valence-electron chi connectivity index (χ4n) is 2.13. The molecule has 0 saturated heterocycles. The smallest absolute Gasteiger partial charge is 0.248 e. The van der Waals surface area contributed by atoms with Crippen LogP contribution in [0.2, 0.25) is 0 Å². The molecular weight excluding hydrogens is 382 g/mol. The summed E-state index contributed by atoms with van der Waals surface area (Å²) < 4.78 is 8.42. The summed E-state index contributed by atoms with van der Waals surface area (Å²) in [5, 5.41) is 6.85. The van der Waals surface area contributed by atoms with Gasteiger partial charge in [0.1, 0.15) is 11.5 Å². The molecule has 0 spiro atoms. The second-order valence-corrected chi connectivity index (χ2v) is 6.27. The van der Waals surface area contributed by atoms with Gasteiger partial charge >= 0.3 is 0 Å². The number of hydrogen-bond donors (Lipinski definition) is 1. The molecule has 1 amide bonds. The third kappa shape index (κ3) is 5.06. The molecule has 0 aliphatic heterocycles. The van der Waals surface area contributed by atoms with Crippen molar-refractivity contribution in [3.05, 3.63) is 77.0 Å². The third-order valence-electron chi connectivity index (χ3n) is 3.32. The highest BCUT2D eigenvalue weighted by atomic mass is 79.9. The molecule has 0 bridgehead atoms. The standard InChI is InChI=1S/C19H16BrN3O2/c1-23-13-14(12-21-23)2-11-19(24)22-16-5-9-18(10-6-16)25-17-7-3-15(20)4-8-17/h2-13H,1H3,(H,22,24)/b11-2+. The minimum Gasteiger partial charge on any atom is -0.457 e. The number of carbonyl (C=O) groups excluding carboxylic acids is 1. The number of hydrogen-bond acceptors (Lipinski definition) is 3. The van der Waals surface area contributed by atoms with Crippen LogP contribution >= 0.6 is 15.9 Å². The molecule has 0 saturated carbocycles. The van der Waals surface area contributed by atoms with E-state index in [1.807, 2.05) is 49.6 Å². The molecule has 1 heterocycles. The number of aryl methyl sites for hydroxylation is 1. The van der Waals surface area contributed by atoms with Crippen molar-refractivity contribution in [2.24, 2.45) is 7.05 Å². The minimum atomic E-state index is -0.203. The molecular formula is C19H16BrN3O2. The zero-order valence-electron chi connectivity index (χ0n) is 13.5. The average Bonchev–Trinajstić information content (AvgIpc) is 3.02. The van der Waals surface area contributed by atoms with E-state index in [2.05, 4.69) is 26.3 Å². The van der Waals surface area contributed by atoms with Crippen LogP contribution in [0.4, 0.5) is 5.69 Å². The van der Waals surface area contributed by atoms with E-state index in [0.717, 1.165) is 15.8 Å². The van der Waals surface area contributed by atoms with Gasteiger partial charge in [-0.2, -0.15) is 5.10 Å². The highest BCUT2D eigenvalue weighted by Crippen LogP contribution is 2.24. The third-order valence-corrected chi connectivity index (χ3v) is 3.85. The van der Waals surface area contributed by atoms with Crippen molar-refractivity contribution in [1.82, 2.24) is 9.78 Å². The number of anilines is 1. The first-order chi connectivity index (χ1) is 12.1. The number of carbonyl (C=O) groups is 1. The van der Waals surface area contributed by atoms with Gasteiger partial charge in [0.15, 0.2) is 0 Å². The van der Waals surface area contributed by atoms with Crippen molar-refractivity contribution in [2.45, 2.75) is 0 Å². The fourth-order valence-corrected chi connectivity index (χ4v) is 2.39. The summed E-state index contributed by atoms with van der Waals surface area (Å²) in [5.41, 5.74) is 1.57. The van der Waals surface area contributed by atoms with Crippen LogP contribution in [0.1, 0.15) is 5.56 Å². The van der Waals surface area contributed by atoms with Crippen molar-refractivity contribution in [3.8, 4) is 11.5 Å². The number of nitrogens with one attached hydrogen (secondary N) is 1. The largest absolute Gasteiger partial charge is 0.457 e. The molecule has 3 aromatic rings. The quantitative estimate of drug-likeness (QED) is 0.638. The Morgan fingerprint density at radius 3 is 2.36 bits per heavy atom. The molecule has 2 aromatic carbocycles. The van der Waals surface area contributed by atoms with Gasteiger partial charge in [-0.3, -0.25) is 9.48 Å². The van der Waals surface area contributed by atoms with E-state index in [9.17, 15) is 4.79 Å². The van der Waals surface area contributed by atoms with E-state index in [1.165, 1.54) is 6.08 Å². The summed E-state index contributed by atoms with van der Waals surface area (Å²) >= 11 is 3.39. The van der Waals surface area contributed by atoms with Crippen LogP contribution in [0.25, 0.3) is 6.08 Å². The lowest BCUT2D eigenvalue weighted by atomic mass is 10.3. The lowest BCUT2D eigenvalue weighted by Crippen LogP contribution is -2.07. The monoisotopic (exact) mass is 397 g/mol. The van der Waals surface area contributed by atoms with Crippen LogP contribution in [-0.2, 0) is 11.8 Å². The Labute approximate surface area is 154 Å². The van der Waals surface area contributed by atoms with Crippen molar-refractivity contribution in [3.63, 3.8) is 0 Å². The molecule has 25 heavy (non-hydrogen) atoms. The zero-order valence-corrected chi connectivity index (χ0v) is 15.1. The first kappa shape index (κ1) is 17.0. The molecule has 1 aromatic heterocycles. The maximum atomic E-state index is 11.9. The van der Waals surface area contributed by atoms with Gasteiger partial charge in [0.25, 0.3) is 0 Å². The number of halogens is 1. The second-order valence-electron chi connectivity index (χ2n) is 5.35.